The highest BCUT2D eigenvalue weighted by atomic mass is 31.2. The Balaban J connectivity index is 2.32. The monoisotopic (exact) mass is 349 g/mol. The minimum atomic E-state index is -3.32. The Morgan fingerprint density at radius 1 is 1.00 bits per heavy atom. The highest BCUT2D eigenvalue weighted by Gasteiger charge is 2.27. The highest BCUT2D eigenvalue weighted by molar-refractivity contribution is 7.62. The fourth-order valence-electron chi connectivity index (χ4n) is 2.42. The van der Waals surface area contributed by atoms with Crippen molar-refractivity contribution in [3.8, 4) is 5.75 Å². The first kappa shape index (κ1) is 18.7. The second-order valence-electron chi connectivity index (χ2n) is 5.18. The van der Waals surface area contributed by atoms with Crippen molar-refractivity contribution in [3.63, 3.8) is 0 Å². The van der Waals surface area contributed by atoms with Gasteiger partial charge in [0.2, 0.25) is 0 Å². The summed E-state index contributed by atoms with van der Waals surface area (Å²) in [6, 6.07) is 14.5. The maximum absolute atomic E-state index is 12.9. The minimum Gasteiger partial charge on any atom is -0.497 e. The molecule has 24 heavy (non-hydrogen) atoms. The van der Waals surface area contributed by atoms with Gasteiger partial charge in [-0.3, -0.25) is 4.57 Å². The van der Waals surface area contributed by atoms with Gasteiger partial charge in [-0.05, 0) is 49.2 Å². The van der Waals surface area contributed by atoms with E-state index in [4.69, 9.17) is 19.5 Å². The summed E-state index contributed by atoms with van der Waals surface area (Å²) in [6.45, 7) is 4.20. The van der Waals surface area contributed by atoms with Gasteiger partial charge in [-0.1, -0.05) is 24.3 Å². The third-order valence-electron chi connectivity index (χ3n) is 3.62. The average Bonchev–Trinajstić information content (AvgIpc) is 2.62. The van der Waals surface area contributed by atoms with Crippen LogP contribution in [0.5, 0.6) is 5.75 Å². The van der Waals surface area contributed by atoms with E-state index in [1.54, 1.807) is 33.1 Å². The molecule has 0 aromatic heterocycles. The van der Waals surface area contributed by atoms with Gasteiger partial charge in [0.25, 0.3) is 0 Å². The summed E-state index contributed by atoms with van der Waals surface area (Å²) in [7, 11) is -1.70. The van der Waals surface area contributed by atoms with Crippen LogP contribution in [0, 0.1) is 0 Å². The van der Waals surface area contributed by atoms with Gasteiger partial charge in [0.05, 0.1) is 31.7 Å². The second-order valence-corrected chi connectivity index (χ2v) is 7.21. The number of nitrogens with two attached hydrogens (primary N) is 1. The lowest BCUT2D eigenvalue weighted by molar-refractivity contribution is 0.230. The Morgan fingerprint density at radius 2 is 1.62 bits per heavy atom. The van der Waals surface area contributed by atoms with Crippen molar-refractivity contribution in [3.05, 3.63) is 59.7 Å². The van der Waals surface area contributed by atoms with Gasteiger partial charge in [-0.25, -0.2) is 0 Å². The zero-order valence-electron chi connectivity index (χ0n) is 14.3. The molecule has 5 nitrogen and oxygen atoms in total. The van der Waals surface area contributed by atoms with Crippen molar-refractivity contribution in [2.75, 3.05) is 20.3 Å². The molecule has 0 radical (unpaired) electrons. The zero-order valence-corrected chi connectivity index (χ0v) is 15.2. The van der Waals surface area contributed by atoms with E-state index in [0.29, 0.717) is 18.5 Å². The molecule has 2 aromatic carbocycles. The molecule has 0 aliphatic rings. The van der Waals surface area contributed by atoms with E-state index in [1.165, 1.54) is 0 Å². The molecule has 0 saturated heterocycles. The van der Waals surface area contributed by atoms with Gasteiger partial charge in [0, 0.05) is 0 Å². The molecule has 2 rings (SSSR count). The van der Waals surface area contributed by atoms with Crippen LogP contribution in [0.2, 0.25) is 0 Å². The molecule has 0 aliphatic heterocycles. The van der Waals surface area contributed by atoms with Crippen molar-refractivity contribution in [2.24, 2.45) is 5.73 Å². The molecule has 2 N–H and O–H groups in total. The Morgan fingerprint density at radius 3 is 2.17 bits per heavy atom. The Labute approximate surface area is 143 Å². The van der Waals surface area contributed by atoms with Crippen molar-refractivity contribution in [1.82, 2.24) is 0 Å². The number of rotatable bonds is 8. The lowest BCUT2D eigenvalue weighted by Crippen LogP contribution is -2.16. The molecule has 130 valence electrons. The first-order chi connectivity index (χ1) is 11.5. The number of methoxy groups -OCH3 is 1. The van der Waals surface area contributed by atoms with Crippen molar-refractivity contribution in [2.45, 2.75) is 19.9 Å². The van der Waals surface area contributed by atoms with E-state index in [9.17, 15) is 4.57 Å². The number of benzene rings is 2. The summed E-state index contributed by atoms with van der Waals surface area (Å²) < 4.78 is 28.9. The van der Waals surface area contributed by atoms with E-state index in [0.717, 1.165) is 16.9 Å². The standard InChI is InChI=1S/C18H24NO4P/c1-4-22-24(20,23-5-2)17-8-6-7-15(13-17)18(19)14-9-11-16(21-3)12-10-14/h6-13,18H,4-5,19H2,1-3H3. The number of hydrogen-bond acceptors (Lipinski definition) is 5. The van der Waals surface area contributed by atoms with Gasteiger partial charge in [-0.2, -0.15) is 0 Å². The summed E-state index contributed by atoms with van der Waals surface area (Å²) in [5, 5.41) is 0.521. The maximum Gasteiger partial charge on any atom is 0.361 e. The minimum absolute atomic E-state index is 0.312. The van der Waals surface area contributed by atoms with Crippen LogP contribution in [0.1, 0.15) is 31.0 Å². The van der Waals surface area contributed by atoms with Crippen LogP contribution in [0.3, 0.4) is 0 Å². The van der Waals surface area contributed by atoms with E-state index in [1.807, 2.05) is 36.4 Å². The molecular formula is C18H24NO4P. The summed E-state index contributed by atoms with van der Waals surface area (Å²) in [5.41, 5.74) is 8.14. The predicted molar refractivity (Wildman–Crippen MR) is 96.0 cm³/mol. The van der Waals surface area contributed by atoms with Crippen molar-refractivity contribution < 1.29 is 18.3 Å². The smallest absolute Gasteiger partial charge is 0.361 e. The number of ether oxygens (including phenoxy) is 1. The quantitative estimate of drug-likeness (QED) is 0.737. The lowest BCUT2D eigenvalue weighted by Gasteiger charge is -2.19. The van der Waals surface area contributed by atoms with Crippen LogP contribution >= 0.6 is 7.60 Å². The Hall–Kier alpha value is -1.65. The molecule has 0 saturated carbocycles. The average molecular weight is 349 g/mol. The molecular weight excluding hydrogens is 325 g/mol. The third kappa shape index (κ3) is 4.25. The van der Waals surface area contributed by atoms with E-state index < -0.39 is 7.60 Å². The summed E-state index contributed by atoms with van der Waals surface area (Å²) in [6.07, 6.45) is 0. The van der Waals surface area contributed by atoms with Crippen LogP contribution in [0.25, 0.3) is 0 Å². The van der Waals surface area contributed by atoms with Gasteiger partial charge in [0.1, 0.15) is 5.75 Å². The topological polar surface area (TPSA) is 70.8 Å². The largest absolute Gasteiger partial charge is 0.497 e. The Kier molecular flexibility index (Phi) is 6.58. The summed E-state index contributed by atoms with van der Waals surface area (Å²) in [4.78, 5) is 0. The van der Waals surface area contributed by atoms with Crippen molar-refractivity contribution in [1.29, 1.82) is 0 Å². The highest BCUT2D eigenvalue weighted by Crippen LogP contribution is 2.47. The number of hydrogen-bond donors (Lipinski definition) is 1. The first-order valence-corrected chi connectivity index (χ1v) is 9.47. The van der Waals surface area contributed by atoms with Crippen LogP contribution < -0.4 is 15.8 Å². The zero-order chi connectivity index (χ0) is 17.6. The fraction of sp³-hybridized carbons (Fsp3) is 0.333. The van der Waals surface area contributed by atoms with Gasteiger partial charge in [-0.15, -0.1) is 0 Å². The second kappa shape index (κ2) is 8.45. The molecule has 0 aliphatic carbocycles. The van der Waals surface area contributed by atoms with Crippen LogP contribution in [0.15, 0.2) is 48.5 Å². The van der Waals surface area contributed by atoms with E-state index in [-0.39, 0.29) is 6.04 Å². The first-order valence-electron chi connectivity index (χ1n) is 7.93. The third-order valence-corrected chi connectivity index (χ3v) is 5.73. The van der Waals surface area contributed by atoms with Gasteiger partial charge < -0.3 is 19.5 Å². The van der Waals surface area contributed by atoms with Crippen molar-refractivity contribution >= 4 is 12.9 Å². The molecule has 0 fully saturated rings. The SMILES string of the molecule is CCOP(=O)(OCC)c1cccc(C(N)c2ccc(OC)cc2)c1. The molecule has 0 spiro atoms. The molecule has 1 atom stereocenters. The molecule has 6 heteroatoms. The Bertz CT molecular complexity index is 692. The van der Waals surface area contributed by atoms with E-state index >= 15 is 0 Å². The normalized spacial score (nSPS) is 12.8. The summed E-state index contributed by atoms with van der Waals surface area (Å²) in [5.74, 6) is 0.775. The van der Waals surface area contributed by atoms with Crippen LogP contribution in [-0.4, -0.2) is 20.3 Å². The van der Waals surface area contributed by atoms with E-state index in [2.05, 4.69) is 0 Å². The predicted octanol–water partition coefficient (Wildman–Crippen LogP) is 3.63. The molecule has 2 aromatic rings. The molecule has 0 bridgehead atoms. The van der Waals surface area contributed by atoms with Gasteiger partial charge in [0.15, 0.2) is 0 Å². The molecule has 0 amide bonds. The van der Waals surface area contributed by atoms with Gasteiger partial charge >= 0.3 is 7.60 Å². The van der Waals surface area contributed by atoms with Crippen LogP contribution in [0.4, 0.5) is 0 Å². The molecule has 0 heterocycles. The van der Waals surface area contributed by atoms with Crippen LogP contribution in [-0.2, 0) is 13.6 Å². The molecule has 1 unspecified atom stereocenters. The summed E-state index contributed by atoms with van der Waals surface area (Å²) >= 11 is 0. The fourth-order valence-corrected chi connectivity index (χ4v) is 4.05. The lowest BCUT2D eigenvalue weighted by atomic mass is 10.00. The maximum atomic E-state index is 12.9.